The van der Waals surface area contributed by atoms with Gasteiger partial charge < -0.3 is 10.6 Å². The van der Waals surface area contributed by atoms with Gasteiger partial charge in [-0.2, -0.15) is 0 Å². The smallest absolute Gasteiger partial charge is 0.228 e. The standard InChI is InChI=1S/C16H17FN4O/c17-13-4-1-3-12(11-13)16(14(18)22)5-9-21(10-6-16)15-19-7-2-8-20-15/h1-4,7-8,11H,5-6,9-10H2,(H2,18,22). The number of amides is 1. The molecule has 0 atom stereocenters. The van der Waals surface area contributed by atoms with Crippen LogP contribution >= 0.6 is 0 Å². The van der Waals surface area contributed by atoms with Crippen molar-refractivity contribution in [3.63, 3.8) is 0 Å². The molecule has 6 heteroatoms. The molecule has 3 rings (SSSR count). The van der Waals surface area contributed by atoms with E-state index in [2.05, 4.69) is 9.97 Å². The van der Waals surface area contributed by atoms with Gasteiger partial charge in [0.15, 0.2) is 0 Å². The number of halogens is 1. The number of hydrogen-bond acceptors (Lipinski definition) is 4. The van der Waals surface area contributed by atoms with E-state index in [9.17, 15) is 9.18 Å². The molecule has 0 radical (unpaired) electrons. The van der Waals surface area contributed by atoms with Gasteiger partial charge in [-0.3, -0.25) is 4.79 Å². The van der Waals surface area contributed by atoms with Crippen LogP contribution in [0.15, 0.2) is 42.7 Å². The lowest BCUT2D eigenvalue weighted by Crippen LogP contribution is -2.50. The van der Waals surface area contributed by atoms with Gasteiger partial charge in [0, 0.05) is 25.5 Å². The lowest BCUT2D eigenvalue weighted by Gasteiger charge is -2.40. The first-order valence-corrected chi connectivity index (χ1v) is 7.20. The number of carbonyl (C=O) groups excluding carboxylic acids is 1. The van der Waals surface area contributed by atoms with Crippen molar-refractivity contribution >= 4 is 11.9 Å². The first-order chi connectivity index (χ1) is 10.6. The second kappa shape index (κ2) is 5.71. The lowest BCUT2D eigenvalue weighted by atomic mass is 9.72. The fraction of sp³-hybridized carbons (Fsp3) is 0.312. The lowest BCUT2D eigenvalue weighted by molar-refractivity contribution is -0.124. The Labute approximate surface area is 128 Å². The number of nitrogens with zero attached hydrogens (tertiary/aromatic N) is 3. The summed E-state index contributed by atoms with van der Waals surface area (Å²) in [6, 6.07) is 7.91. The van der Waals surface area contributed by atoms with Crippen molar-refractivity contribution in [2.24, 2.45) is 5.73 Å². The molecule has 0 unspecified atom stereocenters. The molecule has 1 aromatic carbocycles. The average molecular weight is 300 g/mol. The molecule has 114 valence electrons. The first-order valence-electron chi connectivity index (χ1n) is 7.20. The summed E-state index contributed by atoms with van der Waals surface area (Å²) < 4.78 is 13.5. The normalized spacial score (nSPS) is 17.2. The minimum absolute atomic E-state index is 0.355. The summed E-state index contributed by atoms with van der Waals surface area (Å²) in [4.78, 5) is 22.5. The minimum atomic E-state index is -0.826. The van der Waals surface area contributed by atoms with E-state index in [1.165, 1.54) is 12.1 Å². The highest BCUT2D eigenvalue weighted by atomic mass is 19.1. The maximum Gasteiger partial charge on any atom is 0.228 e. The topological polar surface area (TPSA) is 72.1 Å². The molecule has 1 fully saturated rings. The molecular weight excluding hydrogens is 283 g/mol. The van der Waals surface area contributed by atoms with E-state index in [1.807, 2.05) is 4.90 Å². The van der Waals surface area contributed by atoms with Gasteiger partial charge in [-0.05, 0) is 36.6 Å². The van der Waals surface area contributed by atoms with Crippen molar-refractivity contribution in [2.45, 2.75) is 18.3 Å². The van der Waals surface area contributed by atoms with Crippen LogP contribution in [-0.4, -0.2) is 29.0 Å². The van der Waals surface area contributed by atoms with E-state index in [1.54, 1.807) is 30.6 Å². The Morgan fingerprint density at radius 3 is 2.45 bits per heavy atom. The third-order valence-electron chi connectivity index (χ3n) is 4.30. The van der Waals surface area contributed by atoms with Crippen molar-refractivity contribution in [1.29, 1.82) is 0 Å². The number of anilines is 1. The van der Waals surface area contributed by atoms with Crippen molar-refractivity contribution in [2.75, 3.05) is 18.0 Å². The van der Waals surface area contributed by atoms with Crippen molar-refractivity contribution in [3.8, 4) is 0 Å². The summed E-state index contributed by atoms with van der Waals surface area (Å²) in [5.74, 6) is -0.126. The first kappa shape index (κ1) is 14.4. The van der Waals surface area contributed by atoms with E-state index in [0.717, 1.165) is 0 Å². The highest BCUT2D eigenvalue weighted by Crippen LogP contribution is 2.36. The van der Waals surface area contributed by atoms with E-state index in [-0.39, 0.29) is 5.82 Å². The van der Waals surface area contributed by atoms with Crippen LogP contribution in [0.2, 0.25) is 0 Å². The van der Waals surface area contributed by atoms with Crippen LogP contribution in [0.5, 0.6) is 0 Å². The Hall–Kier alpha value is -2.50. The average Bonchev–Trinajstić information content (AvgIpc) is 2.55. The molecule has 5 nitrogen and oxygen atoms in total. The quantitative estimate of drug-likeness (QED) is 0.935. The van der Waals surface area contributed by atoms with Gasteiger partial charge in [0.25, 0.3) is 0 Å². The van der Waals surface area contributed by atoms with Crippen molar-refractivity contribution < 1.29 is 9.18 Å². The maximum atomic E-state index is 13.5. The van der Waals surface area contributed by atoms with Crippen LogP contribution in [0, 0.1) is 5.82 Å². The SMILES string of the molecule is NC(=O)C1(c2cccc(F)c2)CCN(c2ncccn2)CC1. The number of carbonyl (C=O) groups is 1. The van der Waals surface area contributed by atoms with E-state index in [0.29, 0.717) is 37.4 Å². The van der Waals surface area contributed by atoms with Gasteiger partial charge in [-0.25, -0.2) is 14.4 Å². The number of piperidine rings is 1. The molecule has 2 N–H and O–H groups in total. The van der Waals surface area contributed by atoms with Gasteiger partial charge in [0.05, 0.1) is 5.41 Å². The molecule has 0 spiro atoms. The number of benzene rings is 1. The summed E-state index contributed by atoms with van der Waals surface area (Å²) in [6.45, 7) is 1.20. The predicted molar refractivity (Wildman–Crippen MR) is 80.8 cm³/mol. The summed E-state index contributed by atoms with van der Waals surface area (Å²) in [5.41, 5.74) is 5.48. The Morgan fingerprint density at radius 2 is 1.86 bits per heavy atom. The van der Waals surface area contributed by atoms with Crippen LogP contribution < -0.4 is 10.6 Å². The second-order valence-electron chi connectivity index (χ2n) is 5.49. The van der Waals surface area contributed by atoms with Gasteiger partial charge in [-0.15, -0.1) is 0 Å². The Balaban J connectivity index is 1.85. The monoisotopic (exact) mass is 300 g/mol. The largest absolute Gasteiger partial charge is 0.369 e. The van der Waals surface area contributed by atoms with Gasteiger partial charge in [-0.1, -0.05) is 12.1 Å². The number of hydrogen-bond donors (Lipinski definition) is 1. The molecule has 0 saturated carbocycles. The molecule has 2 heterocycles. The number of aromatic nitrogens is 2. The predicted octanol–water partition coefficient (Wildman–Crippen LogP) is 1.64. The second-order valence-corrected chi connectivity index (χ2v) is 5.49. The summed E-state index contributed by atoms with van der Waals surface area (Å²) in [5, 5.41) is 0. The maximum absolute atomic E-state index is 13.5. The van der Waals surface area contributed by atoms with Crippen LogP contribution in [0.4, 0.5) is 10.3 Å². The van der Waals surface area contributed by atoms with Crippen LogP contribution in [0.3, 0.4) is 0 Å². The van der Waals surface area contributed by atoms with Crippen LogP contribution in [-0.2, 0) is 10.2 Å². The molecule has 1 saturated heterocycles. The zero-order valence-corrected chi connectivity index (χ0v) is 12.1. The Bertz CT molecular complexity index is 669. The molecule has 1 aliphatic rings. The van der Waals surface area contributed by atoms with Crippen LogP contribution in [0.25, 0.3) is 0 Å². The summed E-state index contributed by atoms with van der Waals surface area (Å²) >= 11 is 0. The molecule has 22 heavy (non-hydrogen) atoms. The molecule has 2 aromatic rings. The zero-order chi connectivity index (χ0) is 15.6. The molecular formula is C16H17FN4O. The fourth-order valence-electron chi connectivity index (χ4n) is 3.01. The van der Waals surface area contributed by atoms with Gasteiger partial charge >= 0.3 is 0 Å². The summed E-state index contributed by atoms with van der Waals surface area (Å²) in [7, 11) is 0. The highest BCUT2D eigenvalue weighted by Gasteiger charge is 2.42. The van der Waals surface area contributed by atoms with Gasteiger partial charge in [0.1, 0.15) is 5.82 Å². The van der Waals surface area contributed by atoms with E-state index in [4.69, 9.17) is 5.73 Å². The molecule has 1 aliphatic heterocycles. The van der Waals surface area contributed by atoms with Crippen molar-refractivity contribution in [1.82, 2.24) is 9.97 Å². The molecule has 0 bridgehead atoms. The Kier molecular flexibility index (Phi) is 3.75. The Morgan fingerprint density at radius 1 is 1.18 bits per heavy atom. The number of rotatable bonds is 3. The molecule has 1 aromatic heterocycles. The minimum Gasteiger partial charge on any atom is -0.369 e. The zero-order valence-electron chi connectivity index (χ0n) is 12.1. The van der Waals surface area contributed by atoms with E-state index >= 15 is 0 Å². The highest BCUT2D eigenvalue weighted by molar-refractivity contribution is 5.87. The third kappa shape index (κ3) is 2.52. The van der Waals surface area contributed by atoms with Gasteiger partial charge in [0.2, 0.25) is 11.9 Å². The number of primary amides is 1. The molecule has 1 amide bonds. The number of nitrogens with two attached hydrogens (primary N) is 1. The molecule has 0 aliphatic carbocycles. The summed E-state index contributed by atoms with van der Waals surface area (Å²) in [6.07, 6.45) is 4.41. The fourth-order valence-corrected chi connectivity index (χ4v) is 3.01. The third-order valence-corrected chi connectivity index (χ3v) is 4.30. The van der Waals surface area contributed by atoms with Crippen molar-refractivity contribution in [3.05, 3.63) is 54.1 Å². The van der Waals surface area contributed by atoms with E-state index < -0.39 is 11.3 Å². The van der Waals surface area contributed by atoms with Crippen LogP contribution in [0.1, 0.15) is 18.4 Å².